The molecule has 1 spiro atoms. The summed E-state index contributed by atoms with van der Waals surface area (Å²) in [5.41, 5.74) is 0.737. The number of carbonyl (C=O) groups excluding carboxylic acids is 2. The van der Waals surface area contributed by atoms with Gasteiger partial charge in [0.05, 0.1) is 12.0 Å². The molecule has 160 valence electrons. The van der Waals surface area contributed by atoms with E-state index >= 15 is 0 Å². The standard InChI is InChI=1S/C23H34N2O4/c1-3-28-17-21(26)25-14-8-13-23(18-25)12-7-6-10-19-9-4-5-11-20(19)29-16-15-24(2)22(23)27/h4-5,9,11H,3,6-8,10,12-18H2,1-2H3. The van der Waals surface area contributed by atoms with E-state index in [-0.39, 0.29) is 18.4 Å². The van der Waals surface area contributed by atoms with Crippen LogP contribution >= 0.6 is 0 Å². The number of hydrogen-bond donors (Lipinski definition) is 0. The normalized spacial score (nSPS) is 23.7. The van der Waals surface area contributed by atoms with Gasteiger partial charge in [0, 0.05) is 26.7 Å². The molecular formula is C23H34N2O4. The van der Waals surface area contributed by atoms with Crippen molar-refractivity contribution < 1.29 is 19.1 Å². The zero-order chi connectivity index (χ0) is 20.7. The van der Waals surface area contributed by atoms with Crippen molar-refractivity contribution in [2.24, 2.45) is 5.41 Å². The number of nitrogens with zero attached hydrogens (tertiary/aromatic N) is 2. The number of amides is 2. The summed E-state index contributed by atoms with van der Waals surface area (Å²) in [5, 5.41) is 0. The van der Waals surface area contributed by atoms with E-state index in [1.165, 1.54) is 5.56 Å². The van der Waals surface area contributed by atoms with Gasteiger partial charge in [-0.25, -0.2) is 0 Å². The number of hydrogen-bond acceptors (Lipinski definition) is 4. The topological polar surface area (TPSA) is 59.1 Å². The summed E-state index contributed by atoms with van der Waals surface area (Å²) in [7, 11) is 1.85. The average Bonchev–Trinajstić information content (AvgIpc) is 2.74. The zero-order valence-electron chi connectivity index (χ0n) is 17.8. The van der Waals surface area contributed by atoms with Crippen LogP contribution in [0.2, 0.25) is 0 Å². The minimum atomic E-state index is -0.492. The van der Waals surface area contributed by atoms with Crippen LogP contribution in [0.1, 0.15) is 44.6 Å². The van der Waals surface area contributed by atoms with Crippen LogP contribution < -0.4 is 4.74 Å². The van der Waals surface area contributed by atoms with Crippen molar-refractivity contribution in [3.63, 3.8) is 0 Å². The summed E-state index contributed by atoms with van der Waals surface area (Å²) in [5.74, 6) is 1.06. The fourth-order valence-corrected chi connectivity index (χ4v) is 4.54. The molecule has 0 radical (unpaired) electrons. The summed E-state index contributed by atoms with van der Waals surface area (Å²) < 4.78 is 11.3. The van der Waals surface area contributed by atoms with Gasteiger partial charge in [-0.1, -0.05) is 24.6 Å². The Balaban J connectivity index is 1.75. The van der Waals surface area contributed by atoms with Gasteiger partial charge in [-0.05, 0) is 50.7 Å². The van der Waals surface area contributed by atoms with Gasteiger partial charge in [0.25, 0.3) is 0 Å². The Morgan fingerprint density at radius 2 is 1.97 bits per heavy atom. The van der Waals surface area contributed by atoms with Gasteiger partial charge in [-0.3, -0.25) is 9.59 Å². The second kappa shape index (κ2) is 10.1. The molecule has 2 aliphatic rings. The van der Waals surface area contributed by atoms with Crippen molar-refractivity contribution in [1.29, 1.82) is 0 Å². The highest BCUT2D eigenvalue weighted by Crippen LogP contribution is 2.37. The molecule has 0 aliphatic carbocycles. The Labute approximate surface area is 174 Å². The molecule has 1 aromatic rings. The molecule has 0 bridgehead atoms. The van der Waals surface area contributed by atoms with E-state index in [2.05, 4.69) is 6.07 Å². The van der Waals surface area contributed by atoms with Crippen molar-refractivity contribution in [2.45, 2.75) is 45.4 Å². The van der Waals surface area contributed by atoms with Gasteiger partial charge >= 0.3 is 0 Å². The number of rotatable bonds is 3. The van der Waals surface area contributed by atoms with Crippen molar-refractivity contribution in [3.8, 4) is 5.75 Å². The Kier molecular flexibility index (Phi) is 7.53. The molecule has 1 unspecified atom stereocenters. The lowest BCUT2D eigenvalue weighted by atomic mass is 9.74. The number of piperidine rings is 1. The molecule has 6 heteroatoms. The van der Waals surface area contributed by atoms with E-state index in [0.29, 0.717) is 32.8 Å². The van der Waals surface area contributed by atoms with Crippen LogP contribution in [0, 0.1) is 5.41 Å². The zero-order valence-corrected chi connectivity index (χ0v) is 17.8. The highest BCUT2D eigenvalue weighted by molar-refractivity contribution is 5.85. The maximum Gasteiger partial charge on any atom is 0.248 e. The monoisotopic (exact) mass is 402 g/mol. The van der Waals surface area contributed by atoms with Crippen molar-refractivity contribution >= 4 is 11.8 Å². The number of benzene rings is 1. The molecular weight excluding hydrogens is 368 g/mol. The van der Waals surface area contributed by atoms with Crippen molar-refractivity contribution in [2.75, 3.05) is 46.5 Å². The number of likely N-dealkylation sites (N-methyl/N-ethyl adjacent to an activating group) is 1. The maximum absolute atomic E-state index is 13.5. The van der Waals surface area contributed by atoms with Gasteiger partial charge in [0.15, 0.2) is 0 Å². The molecule has 1 fully saturated rings. The SMILES string of the molecule is CCOCC(=O)N1CCCC2(CCCCc3ccccc3OCCN(C)C2=O)C1. The first-order valence-corrected chi connectivity index (χ1v) is 10.9. The van der Waals surface area contributed by atoms with Crippen LogP contribution in [0.15, 0.2) is 24.3 Å². The third-order valence-electron chi connectivity index (χ3n) is 6.17. The number of para-hydroxylation sites is 1. The molecule has 0 N–H and O–H groups in total. The van der Waals surface area contributed by atoms with E-state index in [9.17, 15) is 9.59 Å². The molecule has 2 amide bonds. The van der Waals surface area contributed by atoms with E-state index in [4.69, 9.17) is 9.47 Å². The lowest BCUT2D eigenvalue weighted by Gasteiger charge is -2.43. The smallest absolute Gasteiger partial charge is 0.248 e. The fourth-order valence-electron chi connectivity index (χ4n) is 4.54. The Morgan fingerprint density at radius 3 is 2.79 bits per heavy atom. The van der Waals surface area contributed by atoms with Crippen molar-refractivity contribution in [3.05, 3.63) is 29.8 Å². The molecule has 2 heterocycles. The van der Waals surface area contributed by atoms with E-state index in [1.807, 2.05) is 37.1 Å². The first-order valence-electron chi connectivity index (χ1n) is 10.9. The minimum Gasteiger partial charge on any atom is -0.491 e. The first kappa shape index (κ1) is 21.6. The van der Waals surface area contributed by atoms with E-state index in [0.717, 1.165) is 44.3 Å². The van der Waals surface area contributed by atoms with E-state index in [1.54, 1.807) is 4.90 Å². The second-order valence-electron chi connectivity index (χ2n) is 8.23. The predicted octanol–water partition coefficient (Wildman–Crippen LogP) is 2.90. The molecule has 6 nitrogen and oxygen atoms in total. The van der Waals surface area contributed by atoms with Gasteiger partial charge in [-0.2, -0.15) is 0 Å². The van der Waals surface area contributed by atoms with Crippen LogP contribution in [0.5, 0.6) is 5.75 Å². The highest BCUT2D eigenvalue weighted by Gasteiger charge is 2.44. The fraction of sp³-hybridized carbons (Fsp3) is 0.652. The molecule has 0 aromatic heterocycles. The van der Waals surface area contributed by atoms with Crippen LogP contribution in [-0.2, 0) is 20.7 Å². The molecule has 1 saturated heterocycles. The molecule has 29 heavy (non-hydrogen) atoms. The molecule has 3 rings (SSSR count). The summed E-state index contributed by atoms with van der Waals surface area (Å²) in [6.45, 7) is 4.73. The Hall–Kier alpha value is -2.08. The number of fused-ring (bicyclic) bond motifs is 1. The minimum absolute atomic E-state index is 0.00949. The molecule has 0 saturated carbocycles. The lowest BCUT2D eigenvalue weighted by Crippen LogP contribution is -2.54. The van der Waals surface area contributed by atoms with Crippen LogP contribution in [0.3, 0.4) is 0 Å². The molecule has 1 aromatic carbocycles. The van der Waals surface area contributed by atoms with Gasteiger partial charge in [0.1, 0.15) is 19.0 Å². The number of carbonyl (C=O) groups is 2. The van der Waals surface area contributed by atoms with E-state index < -0.39 is 5.41 Å². The Bertz CT molecular complexity index is 708. The average molecular weight is 403 g/mol. The molecule has 2 aliphatic heterocycles. The van der Waals surface area contributed by atoms with Gasteiger partial charge < -0.3 is 19.3 Å². The first-order chi connectivity index (χ1) is 14.1. The largest absolute Gasteiger partial charge is 0.491 e. The summed E-state index contributed by atoms with van der Waals surface area (Å²) in [6.07, 6.45) is 5.43. The number of aryl methyl sites for hydroxylation is 1. The van der Waals surface area contributed by atoms with Gasteiger partial charge in [-0.15, -0.1) is 0 Å². The Morgan fingerprint density at radius 1 is 1.17 bits per heavy atom. The number of ether oxygens (including phenoxy) is 2. The summed E-state index contributed by atoms with van der Waals surface area (Å²) in [4.78, 5) is 29.6. The summed E-state index contributed by atoms with van der Waals surface area (Å²) >= 11 is 0. The third kappa shape index (κ3) is 5.30. The highest BCUT2D eigenvalue weighted by atomic mass is 16.5. The van der Waals surface area contributed by atoms with Crippen LogP contribution in [0.4, 0.5) is 0 Å². The third-order valence-corrected chi connectivity index (χ3v) is 6.17. The van der Waals surface area contributed by atoms with Crippen LogP contribution in [0.25, 0.3) is 0 Å². The summed E-state index contributed by atoms with van der Waals surface area (Å²) in [6, 6.07) is 8.17. The predicted molar refractivity (Wildman–Crippen MR) is 112 cm³/mol. The van der Waals surface area contributed by atoms with Gasteiger partial charge in [0.2, 0.25) is 11.8 Å². The second-order valence-corrected chi connectivity index (χ2v) is 8.23. The van der Waals surface area contributed by atoms with Crippen LogP contribution in [-0.4, -0.2) is 68.1 Å². The maximum atomic E-state index is 13.5. The van der Waals surface area contributed by atoms with Crippen molar-refractivity contribution in [1.82, 2.24) is 9.80 Å². The lowest BCUT2D eigenvalue weighted by molar-refractivity contribution is -0.150. The number of likely N-dealkylation sites (tertiary alicyclic amines) is 1. The molecule has 1 atom stereocenters. The quantitative estimate of drug-likeness (QED) is 0.780.